The van der Waals surface area contributed by atoms with E-state index in [1.807, 2.05) is 54.3 Å². The number of aromatic nitrogens is 9. The lowest BCUT2D eigenvalue weighted by Crippen LogP contribution is -2.40. The minimum atomic E-state index is -1.15. The summed E-state index contributed by atoms with van der Waals surface area (Å²) >= 11 is 0. The van der Waals surface area contributed by atoms with Crippen LogP contribution in [0.5, 0.6) is 0 Å². The van der Waals surface area contributed by atoms with Crippen LogP contribution >= 0.6 is 0 Å². The van der Waals surface area contributed by atoms with Crippen molar-refractivity contribution in [1.29, 1.82) is 5.26 Å². The van der Waals surface area contributed by atoms with Crippen molar-refractivity contribution in [3.63, 3.8) is 0 Å². The number of hydrogen-bond donors (Lipinski definition) is 5. The topological polar surface area (TPSA) is 221 Å². The van der Waals surface area contributed by atoms with Gasteiger partial charge in [0.25, 0.3) is 0 Å². The van der Waals surface area contributed by atoms with E-state index in [-0.39, 0.29) is 23.7 Å². The van der Waals surface area contributed by atoms with E-state index in [0.717, 1.165) is 11.1 Å². The lowest BCUT2D eigenvalue weighted by molar-refractivity contribution is 0.00473. The Morgan fingerprint density at radius 3 is 2.40 bits per heavy atom. The fourth-order valence-corrected chi connectivity index (χ4v) is 7.38. The lowest BCUT2D eigenvalue weighted by Gasteiger charge is -2.22. The monoisotopic (exact) mass is 740 g/mol. The lowest BCUT2D eigenvalue weighted by atomic mass is 9.91. The molecule has 6 aromatic rings. The Morgan fingerprint density at radius 1 is 0.982 bits per heavy atom. The first-order valence-corrected chi connectivity index (χ1v) is 18.3. The van der Waals surface area contributed by atoms with E-state index in [4.69, 9.17) is 20.2 Å². The molecule has 5 N–H and O–H groups in total. The van der Waals surface area contributed by atoms with Crippen molar-refractivity contribution in [2.45, 2.75) is 62.4 Å². The number of hydrogen-bond acceptors (Lipinski definition) is 13. The Morgan fingerprint density at radius 2 is 1.73 bits per heavy atom. The van der Waals surface area contributed by atoms with Crippen molar-refractivity contribution in [2.24, 2.45) is 0 Å². The summed E-state index contributed by atoms with van der Waals surface area (Å²) in [6.07, 6.45) is 2.33. The molecule has 1 saturated carbocycles. The zero-order valence-electron chi connectivity index (χ0n) is 30.0. The van der Waals surface area contributed by atoms with Crippen molar-refractivity contribution in [3.05, 3.63) is 108 Å². The number of imidazole rings is 1. The van der Waals surface area contributed by atoms with E-state index in [0.29, 0.717) is 73.3 Å². The minimum Gasteiger partial charge on any atom is -0.388 e. The second-order valence-corrected chi connectivity index (χ2v) is 13.8. The molecule has 0 radical (unpaired) electrons. The summed E-state index contributed by atoms with van der Waals surface area (Å²) in [5, 5.41) is 53.6. The Hall–Kier alpha value is -6.51. The first-order valence-electron chi connectivity index (χ1n) is 18.3. The van der Waals surface area contributed by atoms with Gasteiger partial charge in [-0.15, -0.1) is 10.2 Å². The number of rotatable bonds is 11. The number of urea groups is 1. The Bertz CT molecular complexity index is 2250. The molecule has 17 heteroatoms. The maximum atomic E-state index is 12.9. The molecule has 4 aromatic heterocycles. The molecule has 0 spiro atoms. The van der Waals surface area contributed by atoms with Crippen LogP contribution in [0.1, 0.15) is 60.4 Å². The fraction of sp³-hybridized carbons (Fsp3) is 0.342. The smallest absolute Gasteiger partial charge is 0.319 e. The molecule has 1 aliphatic heterocycles. The molecule has 2 fully saturated rings. The molecule has 2 amide bonds. The number of aliphatic hydroxyl groups excluding tert-OH is 2. The van der Waals surface area contributed by atoms with Gasteiger partial charge in [-0.3, -0.25) is 0 Å². The molecule has 2 aliphatic rings. The Kier molecular flexibility index (Phi) is 9.98. The zero-order chi connectivity index (χ0) is 37.9. The summed E-state index contributed by atoms with van der Waals surface area (Å²) in [5.74, 6) is 1.51. The van der Waals surface area contributed by atoms with Crippen LogP contribution in [0.4, 0.5) is 22.2 Å². The van der Waals surface area contributed by atoms with Gasteiger partial charge >= 0.3 is 6.03 Å². The number of benzene rings is 2. The molecule has 2 aromatic carbocycles. The molecule has 1 saturated heterocycles. The number of nitrogens with one attached hydrogen (secondary N) is 3. The number of amides is 2. The maximum Gasteiger partial charge on any atom is 0.319 e. The fourth-order valence-electron chi connectivity index (χ4n) is 7.38. The van der Waals surface area contributed by atoms with Crippen LogP contribution in [0.25, 0.3) is 11.2 Å². The van der Waals surface area contributed by atoms with Crippen LogP contribution in [0.3, 0.4) is 0 Å². The highest BCUT2D eigenvalue weighted by atomic mass is 16.3. The Labute approximate surface area is 316 Å². The molecule has 5 atom stereocenters. The van der Waals surface area contributed by atoms with Gasteiger partial charge in [0, 0.05) is 38.0 Å². The number of carbonyl (C=O) groups is 1. The summed E-state index contributed by atoms with van der Waals surface area (Å²) in [5.41, 5.74) is 4.02. The zero-order valence-corrected chi connectivity index (χ0v) is 30.0. The van der Waals surface area contributed by atoms with Crippen molar-refractivity contribution in [3.8, 4) is 6.07 Å². The van der Waals surface area contributed by atoms with Crippen LogP contribution in [-0.2, 0) is 6.42 Å². The van der Waals surface area contributed by atoms with Gasteiger partial charge in [-0.2, -0.15) is 20.0 Å². The summed E-state index contributed by atoms with van der Waals surface area (Å²) in [4.78, 5) is 35.1. The Balaban J connectivity index is 1.09. The van der Waals surface area contributed by atoms with Crippen LogP contribution in [0.15, 0.2) is 85.3 Å². The molecule has 0 bridgehead atoms. The number of nitriles is 1. The summed E-state index contributed by atoms with van der Waals surface area (Å²) in [7, 11) is 0. The van der Waals surface area contributed by atoms with Gasteiger partial charge < -0.3 is 35.6 Å². The third-order valence-corrected chi connectivity index (χ3v) is 10.3. The molecule has 5 heterocycles. The number of pyridine rings is 1. The molecule has 8 rings (SSSR count). The van der Waals surface area contributed by atoms with Gasteiger partial charge in [0.2, 0.25) is 5.95 Å². The van der Waals surface area contributed by atoms with Crippen molar-refractivity contribution in [1.82, 2.24) is 50.0 Å². The number of fused-ring (bicyclic) bond motifs is 1. The summed E-state index contributed by atoms with van der Waals surface area (Å²) in [6.45, 7) is 3.45. The first-order chi connectivity index (χ1) is 26.9. The number of aryl methyl sites for hydroxylation is 1. The normalized spacial score (nSPS) is 20.9. The number of tetrazole rings is 1. The molecular weight excluding hydrogens is 701 g/mol. The van der Waals surface area contributed by atoms with Crippen LogP contribution in [0.2, 0.25) is 0 Å². The highest BCUT2D eigenvalue weighted by molar-refractivity contribution is 5.89. The van der Waals surface area contributed by atoms with E-state index in [2.05, 4.69) is 60.6 Å². The average molecular weight is 741 g/mol. The third-order valence-electron chi connectivity index (χ3n) is 10.3. The highest BCUT2D eigenvalue weighted by Gasteiger charge is 2.45. The first kappa shape index (κ1) is 35.5. The van der Waals surface area contributed by atoms with Crippen LogP contribution in [-0.4, -0.2) is 98.8 Å². The van der Waals surface area contributed by atoms with E-state index < -0.39 is 24.3 Å². The highest BCUT2D eigenvalue weighted by Crippen LogP contribution is 2.40. The van der Waals surface area contributed by atoms with Crippen molar-refractivity contribution in [2.75, 3.05) is 35.2 Å². The third kappa shape index (κ3) is 7.37. The number of anilines is 3. The van der Waals surface area contributed by atoms with E-state index >= 15 is 0 Å². The van der Waals surface area contributed by atoms with Gasteiger partial charge in [-0.25, -0.2) is 14.8 Å². The summed E-state index contributed by atoms with van der Waals surface area (Å²) < 4.78 is 1.80. The van der Waals surface area contributed by atoms with E-state index in [9.17, 15) is 15.0 Å². The van der Waals surface area contributed by atoms with E-state index in [1.165, 1.54) is 17.1 Å². The molecule has 17 nitrogen and oxygen atoms in total. The standard InChI is InChI=1S/C38H40N14O3/c1-2-31-47-49-52(48-31)30-17-29(33(53)34(30)54)51-22-42-32-35(41-20-28(23-9-5-3-6-10-23)24-11-7-4-8-12-24)45-37(46-36(32)51)50-16-15-27(21-50)44-38(55)43-26-14-13-25(18-39)40-19-26/h3-14,19,22,27-30,33-34,53-54H,2,15-17,20-21H2,1H3,(H,41,45,46)(H2,43,44,55)/t27?,29-,30+,33+,34-/m1/s1. The number of nitrogens with zero attached hydrogens (tertiary/aromatic N) is 11. The largest absolute Gasteiger partial charge is 0.388 e. The second kappa shape index (κ2) is 15.5. The van der Waals surface area contributed by atoms with Crippen molar-refractivity contribution < 1.29 is 15.0 Å². The second-order valence-electron chi connectivity index (χ2n) is 13.8. The molecule has 1 unspecified atom stereocenters. The summed E-state index contributed by atoms with van der Waals surface area (Å²) in [6, 6.07) is 23.9. The number of aliphatic hydroxyl groups is 2. The predicted molar refractivity (Wildman–Crippen MR) is 202 cm³/mol. The van der Waals surface area contributed by atoms with Gasteiger partial charge in [-0.05, 0) is 41.3 Å². The average Bonchev–Trinajstić information content (AvgIpc) is 4.03. The minimum absolute atomic E-state index is 0.00103. The van der Waals surface area contributed by atoms with Gasteiger partial charge in [0.05, 0.1) is 24.3 Å². The van der Waals surface area contributed by atoms with E-state index in [1.54, 1.807) is 17.0 Å². The maximum absolute atomic E-state index is 12.9. The van der Waals surface area contributed by atoms with Gasteiger partial charge in [0.15, 0.2) is 22.8 Å². The van der Waals surface area contributed by atoms with Crippen LogP contribution < -0.4 is 20.9 Å². The van der Waals surface area contributed by atoms with Gasteiger partial charge in [0.1, 0.15) is 30.0 Å². The van der Waals surface area contributed by atoms with Crippen molar-refractivity contribution >= 4 is 34.6 Å². The molecule has 280 valence electrons. The molecule has 1 aliphatic carbocycles. The predicted octanol–water partition coefficient (Wildman–Crippen LogP) is 3.19. The SMILES string of the molecule is CCc1nnn([C@H]2C[C@@H](n3cnc4c(NCC(c5ccccc5)c5ccccc5)nc(N5CCC(NC(=O)Nc6ccc(C#N)nc6)C5)nc43)[C@H](O)[C@@H]2O)n1. The van der Waals surface area contributed by atoms with Crippen LogP contribution in [0, 0.1) is 11.3 Å². The molecule has 55 heavy (non-hydrogen) atoms. The van der Waals surface area contributed by atoms with Gasteiger partial charge in [-0.1, -0.05) is 67.6 Å². The number of carbonyl (C=O) groups excluding carboxylic acids is 1. The quantitative estimate of drug-likeness (QED) is 0.129. The molecular formula is C38H40N14O3.